The van der Waals surface area contributed by atoms with Gasteiger partial charge in [-0.15, -0.1) is 0 Å². The molecule has 0 saturated heterocycles. The normalized spacial score (nSPS) is 11.4. The predicted molar refractivity (Wildman–Crippen MR) is 110 cm³/mol. The van der Waals surface area contributed by atoms with Crippen LogP contribution in [0.4, 0.5) is 0 Å². The van der Waals surface area contributed by atoms with Gasteiger partial charge in [-0.25, -0.2) is 4.79 Å². The number of ether oxygens (including phenoxy) is 1. The molecule has 2 aromatic carbocycles. The van der Waals surface area contributed by atoms with E-state index in [2.05, 4.69) is 26.6 Å². The number of esters is 1. The summed E-state index contributed by atoms with van der Waals surface area (Å²) in [4.78, 5) is 36.3. The zero-order valence-electron chi connectivity index (χ0n) is 15.6. The van der Waals surface area contributed by atoms with Crippen LogP contribution in [0.5, 0.6) is 0 Å². The van der Waals surface area contributed by atoms with Gasteiger partial charge < -0.3 is 15.4 Å². The lowest BCUT2D eigenvalue weighted by molar-refractivity contribution is -0.145. The van der Waals surface area contributed by atoms with Crippen molar-refractivity contribution < 1.29 is 19.1 Å². The highest BCUT2D eigenvalue weighted by molar-refractivity contribution is 9.10. The first-order valence-electron chi connectivity index (χ1n) is 8.95. The second-order valence-corrected chi connectivity index (χ2v) is 7.03. The van der Waals surface area contributed by atoms with Crippen LogP contribution in [0, 0.1) is 0 Å². The zero-order chi connectivity index (χ0) is 20.4. The third-order valence-electron chi connectivity index (χ3n) is 4.09. The van der Waals surface area contributed by atoms with Crippen LogP contribution >= 0.6 is 15.9 Å². The summed E-state index contributed by atoms with van der Waals surface area (Å²) in [5, 5.41) is 5.49. The molecule has 0 heterocycles. The molecule has 7 heteroatoms. The lowest BCUT2D eigenvalue weighted by Gasteiger charge is -2.16. The molecule has 0 aliphatic rings. The molecule has 0 saturated carbocycles. The number of hydrogen-bond acceptors (Lipinski definition) is 4. The van der Waals surface area contributed by atoms with Gasteiger partial charge in [-0.1, -0.05) is 42.5 Å². The Hall–Kier alpha value is -2.67. The van der Waals surface area contributed by atoms with Gasteiger partial charge in [-0.05, 0) is 40.0 Å². The summed E-state index contributed by atoms with van der Waals surface area (Å²) >= 11 is 3.33. The molecule has 0 spiro atoms. The van der Waals surface area contributed by atoms with Gasteiger partial charge in [0, 0.05) is 23.9 Å². The molecular formula is C21H23BrN2O4. The first-order chi connectivity index (χ1) is 13.5. The molecule has 0 bridgehead atoms. The van der Waals surface area contributed by atoms with Crippen molar-refractivity contribution in [1.82, 2.24) is 10.6 Å². The first-order valence-corrected chi connectivity index (χ1v) is 9.74. The van der Waals surface area contributed by atoms with E-state index >= 15 is 0 Å². The number of hydrogen-bond donors (Lipinski definition) is 2. The van der Waals surface area contributed by atoms with Gasteiger partial charge in [0.2, 0.25) is 5.91 Å². The average Bonchev–Trinajstić information content (AvgIpc) is 2.71. The summed E-state index contributed by atoms with van der Waals surface area (Å²) in [5.74, 6) is -0.953. The summed E-state index contributed by atoms with van der Waals surface area (Å²) in [7, 11) is 1.30. The Morgan fingerprint density at radius 1 is 1.04 bits per heavy atom. The highest BCUT2D eigenvalue weighted by Gasteiger charge is 2.21. The smallest absolute Gasteiger partial charge is 0.328 e. The monoisotopic (exact) mass is 446 g/mol. The highest BCUT2D eigenvalue weighted by Crippen LogP contribution is 2.15. The van der Waals surface area contributed by atoms with E-state index in [4.69, 9.17) is 4.74 Å². The van der Waals surface area contributed by atoms with Crippen molar-refractivity contribution >= 4 is 33.7 Å². The predicted octanol–water partition coefficient (Wildman–Crippen LogP) is 2.86. The molecule has 1 atom stereocenters. The van der Waals surface area contributed by atoms with Crippen molar-refractivity contribution in [2.75, 3.05) is 13.7 Å². The minimum atomic E-state index is -0.741. The van der Waals surface area contributed by atoms with Crippen LogP contribution in [0.15, 0.2) is 59.1 Å². The minimum absolute atomic E-state index is 0.193. The van der Waals surface area contributed by atoms with Crippen LogP contribution in [-0.2, 0) is 20.7 Å². The van der Waals surface area contributed by atoms with Crippen molar-refractivity contribution in [3.63, 3.8) is 0 Å². The topological polar surface area (TPSA) is 84.5 Å². The summed E-state index contributed by atoms with van der Waals surface area (Å²) in [5.41, 5.74) is 1.47. The first kappa shape index (κ1) is 21.6. The van der Waals surface area contributed by atoms with E-state index in [0.717, 1.165) is 5.56 Å². The number of nitrogens with one attached hydrogen (secondary N) is 2. The zero-order valence-corrected chi connectivity index (χ0v) is 17.2. The van der Waals surface area contributed by atoms with Gasteiger partial charge in [-0.2, -0.15) is 0 Å². The standard InChI is InChI=1S/C21H23BrN2O4/c1-28-21(27)18(14-15-8-3-2-4-9-15)24-19(25)12-7-13-23-20(26)16-10-5-6-11-17(16)22/h2-6,8-11,18H,7,12-14H2,1H3,(H,23,26)(H,24,25)/t18-/m0/s1. The van der Waals surface area contributed by atoms with Crippen LogP contribution < -0.4 is 10.6 Å². The minimum Gasteiger partial charge on any atom is -0.467 e. The van der Waals surface area contributed by atoms with Gasteiger partial charge in [0.15, 0.2) is 0 Å². The maximum atomic E-state index is 12.2. The molecule has 2 rings (SSSR count). The highest BCUT2D eigenvalue weighted by atomic mass is 79.9. The summed E-state index contributed by atoms with van der Waals surface area (Å²) in [6.07, 6.45) is 1.01. The van der Waals surface area contributed by atoms with Gasteiger partial charge in [0.05, 0.1) is 12.7 Å². The molecule has 0 aromatic heterocycles. The van der Waals surface area contributed by atoms with Crippen molar-refractivity contribution in [1.29, 1.82) is 0 Å². The van der Waals surface area contributed by atoms with Gasteiger partial charge >= 0.3 is 5.97 Å². The van der Waals surface area contributed by atoms with E-state index in [1.165, 1.54) is 7.11 Å². The van der Waals surface area contributed by atoms with E-state index in [1.807, 2.05) is 36.4 Å². The summed E-state index contributed by atoms with van der Waals surface area (Å²) < 4.78 is 5.50. The Bertz CT molecular complexity index is 811. The Kier molecular flexibility index (Phi) is 8.68. The molecule has 2 N–H and O–H groups in total. The summed E-state index contributed by atoms with van der Waals surface area (Å²) in [6.45, 7) is 0.356. The molecule has 2 amide bonds. The van der Waals surface area contributed by atoms with E-state index in [-0.39, 0.29) is 18.2 Å². The third-order valence-corrected chi connectivity index (χ3v) is 4.78. The third kappa shape index (κ3) is 6.81. The fraction of sp³-hybridized carbons (Fsp3) is 0.286. The van der Waals surface area contributed by atoms with E-state index < -0.39 is 12.0 Å². The second kappa shape index (κ2) is 11.2. The lowest BCUT2D eigenvalue weighted by atomic mass is 10.1. The van der Waals surface area contributed by atoms with Gasteiger partial charge in [-0.3, -0.25) is 9.59 Å². The Morgan fingerprint density at radius 2 is 1.71 bits per heavy atom. The Labute approximate surface area is 172 Å². The largest absolute Gasteiger partial charge is 0.467 e. The molecule has 6 nitrogen and oxygen atoms in total. The number of methoxy groups -OCH3 is 1. The van der Waals surface area contributed by atoms with Crippen LogP contribution in [0.1, 0.15) is 28.8 Å². The lowest BCUT2D eigenvalue weighted by Crippen LogP contribution is -2.43. The molecular weight excluding hydrogens is 424 g/mol. The maximum absolute atomic E-state index is 12.2. The molecule has 28 heavy (non-hydrogen) atoms. The molecule has 0 aliphatic carbocycles. The van der Waals surface area contributed by atoms with Crippen LogP contribution in [-0.4, -0.2) is 37.5 Å². The quantitative estimate of drug-likeness (QED) is 0.458. The number of carbonyl (C=O) groups is 3. The summed E-state index contributed by atoms with van der Waals surface area (Å²) in [6, 6.07) is 15.8. The van der Waals surface area contributed by atoms with Crippen LogP contribution in [0.2, 0.25) is 0 Å². The van der Waals surface area contributed by atoms with E-state index in [1.54, 1.807) is 18.2 Å². The number of benzene rings is 2. The number of halogens is 1. The number of carbonyl (C=O) groups excluding carboxylic acids is 3. The van der Waals surface area contributed by atoms with E-state index in [0.29, 0.717) is 29.4 Å². The molecule has 0 radical (unpaired) electrons. The van der Waals surface area contributed by atoms with Crippen molar-refractivity contribution in [2.24, 2.45) is 0 Å². The van der Waals surface area contributed by atoms with Gasteiger partial charge in [0.1, 0.15) is 6.04 Å². The fourth-order valence-corrected chi connectivity index (χ4v) is 3.11. The average molecular weight is 447 g/mol. The fourth-order valence-electron chi connectivity index (χ4n) is 2.64. The molecule has 148 valence electrons. The molecule has 2 aromatic rings. The molecule has 0 aliphatic heterocycles. The number of rotatable bonds is 9. The molecule has 0 fully saturated rings. The molecule has 0 unspecified atom stereocenters. The maximum Gasteiger partial charge on any atom is 0.328 e. The Morgan fingerprint density at radius 3 is 2.39 bits per heavy atom. The second-order valence-electron chi connectivity index (χ2n) is 6.17. The van der Waals surface area contributed by atoms with Crippen LogP contribution in [0.3, 0.4) is 0 Å². The van der Waals surface area contributed by atoms with Crippen LogP contribution in [0.25, 0.3) is 0 Å². The van der Waals surface area contributed by atoms with Crippen molar-refractivity contribution in [3.05, 3.63) is 70.2 Å². The van der Waals surface area contributed by atoms with Crippen molar-refractivity contribution in [2.45, 2.75) is 25.3 Å². The number of amides is 2. The van der Waals surface area contributed by atoms with Gasteiger partial charge in [0.25, 0.3) is 5.91 Å². The SMILES string of the molecule is COC(=O)[C@H](Cc1ccccc1)NC(=O)CCCNC(=O)c1ccccc1Br. The van der Waals surface area contributed by atoms with Crippen molar-refractivity contribution in [3.8, 4) is 0 Å². The Balaban J connectivity index is 1.78. The van der Waals surface area contributed by atoms with E-state index in [9.17, 15) is 14.4 Å².